The predicted molar refractivity (Wildman–Crippen MR) is 188 cm³/mol. The van der Waals surface area contributed by atoms with Crippen molar-refractivity contribution >= 4 is 0 Å². The van der Waals surface area contributed by atoms with Gasteiger partial charge in [-0.15, -0.1) is 0 Å². The van der Waals surface area contributed by atoms with Crippen molar-refractivity contribution < 1.29 is 37.9 Å². The van der Waals surface area contributed by atoms with Gasteiger partial charge in [0.15, 0.2) is 0 Å². The van der Waals surface area contributed by atoms with E-state index >= 15 is 0 Å². The molecule has 0 aliphatic heterocycles. The molecule has 0 unspecified atom stereocenters. The Hall–Kier alpha value is -4.72. The Kier molecular flexibility index (Phi) is 10.2. The van der Waals surface area contributed by atoms with Gasteiger partial charge in [-0.3, -0.25) is 0 Å². The first-order valence-electron chi connectivity index (χ1n) is 16.1. The van der Waals surface area contributed by atoms with Gasteiger partial charge in [0.2, 0.25) is 0 Å². The minimum Gasteiger partial charge on any atom is -0.496 e. The molecule has 8 nitrogen and oxygen atoms in total. The van der Waals surface area contributed by atoms with Crippen LogP contribution in [0.25, 0.3) is 0 Å². The van der Waals surface area contributed by atoms with Gasteiger partial charge in [0.25, 0.3) is 0 Å². The lowest BCUT2D eigenvalue weighted by Crippen LogP contribution is -2.11. The zero-order valence-corrected chi connectivity index (χ0v) is 30.2. The Morgan fingerprint density at radius 2 is 0.375 bits per heavy atom. The number of hydrogen-bond acceptors (Lipinski definition) is 8. The number of methoxy groups -OCH3 is 8. The van der Waals surface area contributed by atoms with Gasteiger partial charge in [-0.1, -0.05) is 27.7 Å². The van der Waals surface area contributed by atoms with Gasteiger partial charge >= 0.3 is 0 Å². The third kappa shape index (κ3) is 5.82. The molecule has 0 atom stereocenters. The Labute approximate surface area is 284 Å². The number of fused-ring (bicyclic) bond motifs is 8. The van der Waals surface area contributed by atoms with Crippen molar-refractivity contribution in [3.63, 3.8) is 0 Å². The standard InChI is InChI=1S/C40H48O8/c1-21-25-13-27(35(43-7)17-33(25)41-5)22(2)29-15-31(39(47-11)19-37(29)45-9)24(4)32-16-30(38(46-10)20-40(32)48-12)23(3)28-14-26(21)34(42-6)18-36(28)44-8/h13-24H,1-12H3. The molecule has 4 aromatic rings. The molecule has 0 aromatic heterocycles. The monoisotopic (exact) mass is 656 g/mol. The molecule has 0 fully saturated rings. The number of ether oxygens (including phenoxy) is 8. The second-order valence-electron chi connectivity index (χ2n) is 12.2. The largest absolute Gasteiger partial charge is 0.496 e. The van der Waals surface area contributed by atoms with Gasteiger partial charge in [0.05, 0.1) is 56.9 Å². The second-order valence-corrected chi connectivity index (χ2v) is 12.2. The van der Waals surface area contributed by atoms with Crippen LogP contribution in [0.4, 0.5) is 0 Å². The number of benzene rings is 4. The molecule has 0 saturated carbocycles. The first-order valence-corrected chi connectivity index (χ1v) is 16.1. The highest BCUT2D eigenvalue weighted by molar-refractivity contribution is 5.62. The van der Waals surface area contributed by atoms with Crippen LogP contribution in [-0.4, -0.2) is 56.9 Å². The van der Waals surface area contributed by atoms with Gasteiger partial charge < -0.3 is 37.9 Å². The molecule has 48 heavy (non-hydrogen) atoms. The number of hydrogen-bond donors (Lipinski definition) is 0. The van der Waals surface area contributed by atoms with E-state index in [4.69, 9.17) is 37.9 Å². The van der Waals surface area contributed by atoms with Crippen molar-refractivity contribution in [1.82, 2.24) is 0 Å². The Balaban J connectivity index is 1.95. The van der Waals surface area contributed by atoms with Crippen LogP contribution in [0, 0.1) is 0 Å². The Morgan fingerprint density at radius 3 is 0.479 bits per heavy atom. The maximum atomic E-state index is 5.99. The third-order valence-corrected chi connectivity index (χ3v) is 10.1. The van der Waals surface area contributed by atoms with E-state index < -0.39 is 0 Å². The van der Waals surface area contributed by atoms with Crippen LogP contribution in [0.5, 0.6) is 46.0 Å². The zero-order chi connectivity index (χ0) is 34.9. The fourth-order valence-electron chi connectivity index (χ4n) is 7.17. The second kappa shape index (κ2) is 14.2. The van der Waals surface area contributed by atoms with Crippen LogP contribution in [0.1, 0.15) is 95.9 Å². The van der Waals surface area contributed by atoms with Gasteiger partial charge in [0, 0.05) is 92.4 Å². The first kappa shape index (κ1) is 34.6. The molecule has 5 rings (SSSR count). The SMILES string of the molecule is COc1cc(OC)c2cc1C(C)c1cc(c(OC)cc1OC)C(C)c1cc(c(OC)cc1OC)C(C)c1cc(c(OC)cc1OC)C2C. The predicted octanol–water partition coefficient (Wildman–Crippen LogP) is 8.68. The molecule has 4 aromatic carbocycles. The van der Waals surface area contributed by atoms with E-state index in [9.17, 15) is 0 Å². The average molecular weight is 657 g/mol. The summed E-state index contributed by atoms with van der Waals surface area (Å²) in [5, 5.41) is 0. The van der Waals surface area contributed by atoms with E-state index in [1.165, 1.54) is 0 Å². The molecule has 0 heterocycles. The summed E-state index contributed by atoms with van der Waals surface area (Å²) < 4.78 is 47.9. The van der Waals surface area contributed by atoms with Crippen molar-refractivity contribution in [3.8, 4) is 46.0 Å². The summed E-state index contributed by atoms with van der Waals surface area (Å²) in [6.45, 7) is 8.67. The molecule has 8 bridgehead atoms. The highest BCUT2D eigenvalue weighted by atomic mass is 16.5. The van der Waals surface area contributed by atoms with Gasteiger partial charge in [0.1, 0.15) is 46.0 Å². The molecular weight excluding hydrogens is 608 g/mol. The van der Waals surface area contributed by atoms with Crippen LogP contribution in [0.2, 0.25) is 0 Å². The molecule has 0 saturated heterocycles. The van der Waals surface area contributed by atoms with Crippen molar-refractivity contribution in [3.05, 3.63) is 93.0 Å². The summed E-state index contributed by atoms with van der Waals surface area (Å²) >= 11 is 0. The van der Waals surface area contributed by atoms with Crippen LogP contribution in [0.3, 0.4) is 0 Å². The highest BCUT2D eigenvalue weighted by Crippen LogP contribution is 2.50. The molecule has 256 valence electrons. The van der Waals surface area contributed by atoms with Crippen molar-refractivity contribution in [2.24, 2.45) is 0 Å². The van der Waals surface area contributed by atoms with Crippen molar-refractivity contribution in [2.75, 3.05) is 56.9 Å². The van der Waals surface area contributed by atoms with Gasteiger partial charge in [-0.2, -0.15) is 0 Å². The first-order chi connectivity index (χ1) is 23.1. The lowest BCUT2D eigenvalue weighted by Gasteiger charge is -2.28. The summed E-state index contributed by atoms with van der Waals surface area (Å²) in [6, 6.07) is 16.6. The lowest BCUT2D eigenvalue weighted by molar-refractivity contribution is 0.377. The molecular formula is C40H48O8. The van der Waals surface area contributed by atoms with E-state index in [-0.39, 0.29) is 23.7 Å². The highest BCUT2D eigenvalue weighted by Gasteiger charge is 2.30. The molecule has 8 heteroatoms. The quantitative estimate of drug-likeness (QED) is 0.187. The number of rotatable bonds is 8. The van der Waals surface area contributed by atoms with Crippen molar-refractivity contribution in [2.45, 2.75) is 51.4 Å². The third-order valence-electron chi connectivity index (χ3n) is 10.1. The Bertz CT molecular complexity index is 1420. The summed E-state index contributed by atoms with van der Waals surface area (Å²) in [4.78, 5) is 0. The molecule has 1 aliphatic carbocycles. The molecule has 0 spiro atoms. The summed E-state index contributed by atoms with van der Waals surface area (Å²) in [5.74, 6) is 5.28. The molecule has 1 aliphatic rings. The topological polar surface area (TPSA) is 73.8 Å². The van der Waals surface area contributed by atoms with E-state index in [1.807, 2.05) is 24.3 Å². The van der Waals surface area contributed by atoms with E-state index in [2.05, 4.69) is 52.0 Å². The average Bonchev–Trinajstić information content (AvgIpc) is 3.13. The summed E-state index contributed by atoms with van der Waals surface area (Å²) in [5.41, 5.74) is 8.00. The lowest BCUT2D eigenvalue weighted by atomic mass is 9.80. The molecule has 0 amide bonds. The van der Waals surface area contributed by atoms with Gasteiger partial charge in [-0.25, -0.2) is 0 Å². The van der Waals surface area contributed by atoms with Crippen LogP contribution in [-0.2, 0) is 0 Å². The summed E-state index contributed by atoms with van der Waals surface area (Å²) in [7, 11) is 13.5. The van der Waals surface area contributed by atoms with E-state index in [0.717, 1.165) is 90.5 Å². The Morgan fingerprint density at radius 1 is 0.250 bits per heavy atom. The smallest absolute Gasteiger partial charge is 0.126 e. The van der Waals surface area contributed by atoms with Crippen LogP contribution >= 0.6 is 0 Å². The van der Waals surface area contributed by atoms with Gasteiger partial charge in [-0.05, 0) is 24.3 Å². The van der Waals surface area contributed by atoms with E-state index in [0.29, 0.717) is 0 Å². The normalized spacial score (nSPS) is 18.4. The molecule has 0 radical (unpaired) electrons. The van der Waals surface area contributed by atoms with Crippen LogP contribution in [0.15, 0.2) is 48.5 Å². The molecule has 0 N–H and O–H groups in total. The minimum absolute atomic E-state index is 0.127. The maximum Gasteiger partial charge on any atom is 0.126 e. The fraction of sp³-hybridized carbons (Fsp3) is 0.400. The fourth-order valence-corrected chi connectivity index (χ4v) is 7.17. The summed E-state index contributed by atoms with van der Waals surface area (Å²) in [6.07, 6.45) is 0. The minimum atomic E-state index is -0.127. The van der Waals surface area contributed by atoms with Crippen LogP contribution < -0.4 is 37.9 Å². The maximum absolute atomic E-state index is 5.99. The zero-order valence-electron chi connectivity index (χ0n) is 30.2. The van der Waals surface area contributed by atoms with Crippen molar-refractivity contribution in [1.29, 1.82) is 0 Å². The van der Waals surface area contributed by atoms with E-state index in [1.54, 1.807) is 56.9 Å².